The maximum atomic E-state index is 12.2. The summed E-state index contributed by atoms with van der Waals surface area (Å²) in [5.41, 5.74) is 0. The molecule has 5 heteroatoms. The second-order valence-corrected chi connectivity index (χ2v) is 4.94. The van der Waals surface area contributed by atoms with Crippen molar-refractivity contribution in [2.75, 3.05) is 13.2 Å². The van der Waals surface area contributed by atoms with Crippen molar-refractivity contribution in [3.8, 4) is 0 Å². The first-order valence-electron chi connectivity index (χ1n) is 6.89. The number of hydrogen-bond acceptors (Lipinski definition) is 2. The molecule has 0 aromatic rings. The van der Waals surface area contributed by atoms with Crippen molar-refractivity contribution in [1.82, 2.24) is 5.32 Å². The van der Waals surface area contributed by atoms with Crippen molar-refractivity contribution < 1.29 is 17.9 Å². The molecule has 0 radical (unpaired) electrons. The molecule has 0 bridgehead atoms. The average Bonchev–Trinajstić information content (AvgIpc) is 2.74. The van der Waals surface area contributed by atoms with Gasteiger partial charge in [-0.05, 0) is 32.2 Å². The van der Waals surface area contributed by atoms with Crippen molar-refractivity contribution in [3.63, 3.8) is 0 Å². The van der Waals surface area contributed by atoms with Gasteiger partial charge in [0.2, 0.25) is 0 Å². The van der Waals surface area contributed by atoms with Crippen LogP contribution in [0.3, 0.4) is 0 Å². The lowest BCUT2D eigenvalue weighted by Gasteiger charge is -2.28. The van der Waals surface area contributed by atoms with Gasteiger partial charge in [0, 0.05) is 25.0 Å². The van der Waals surface area contributed by atoms with Gasteiger partial charge in [-0.2, -0.15) is 13.2 Å². The van der Waals surface area contributed by atoms with Crippen LogP contribution in [-0.4, -0.2) is 31.5 Å². The van der Waals surface area contributed by atoms with Crippen molar-refractivity contribution in [2.24, 2.45) is 5.92 Å². The minimum Gasteiger partial charge on any atom is -0.378 e. The third-order valence-corrected chi connectivity index (χ3v) is 3.62. The molecule has 1 aliphatic heterocycles. The van der Waals surface area contributed by atoms with E-state index in [9.17, 15) is 13.2 Å². The Morgan fingerprint density at radius 1 is 1.33 bits per heavy atom. The summed E-state index contributed by atoms with van der Waals surface area (Å²) in [6.07, 6.45) is -1.83. The van der Waals surface area contributed by atoms with Gasteiger partial charge >= 0.3 is 6.18 Å². The first-order chi connectivity index (χ1) is 8.48. The Morgan fingerprint density at radius 2 is 2.06 bits per heavy atom. The summed E-state index contributed by atoms with van der Waals surface area (Å²) in [6.45, 7) is 5.60. The first-order valence-corrected chi connectivity index (χ1v) is 6.89. The summed E-state index contributed by atoms with van der Waals surface area (Å²) in [7, 11) is 0. The number of alkyl halides is 3. The maximum Gasteiger partial charge on any atom is 0.389 e. The van der Waals surface area contributed by atoms with Gasteiger partial charge in [-0.15, -0.1) is 0 Å². The minimum atomic E-state index is -4.03. The van der Waals surface area contributed by atoms with E-state index >= 15 is 0 Å². The predicted octanol–water partition coefficient (Wildman–Crippen LogP) is 3.51. The van der Waals surface area contributed by atoms with Gasteiger partial charge in [0.15, 0.2) is 0 Å². The number of ether oxygens (including phenoxy) is 1. The lowest BCUT2D eigenvalue weighted by Crippen LogP contribution is -2.40. The predicted molar refractivity (Wildman–Crippen MR) is 65.5 cm³/mol. The summed E-state index contributed by atoms with van der Waals surface area (Å²) in [5.74, 6) is 0.364. The fourth-order valence-electron chi connectivity index (χ4n) is 2.80. The highest BCUT2D eigenvalue weighted by Crippen LogP contribution is 2.30. The van der Waals surface area contributed by atoms with Crippen LogP contribution in [0, 0.1) is 5.92 Å². The Labute approximate surface area is 107 Å². The maximum absolute atomic E-state index is 12.2. The summed E-state index contributed by atoms with van der Waals surface area (Å²) < 4.78 is 42.1. The van der Waals surface area contributed by atoms with Gasteiger partial charge in [0.25, 0.3) is 0 Å². The topological polar surface area (TPSA) is 21.3 Å². The Hall–Kier alpha value is -0.290. The van der Waals surface area contributed by atoms with Crippen LogP contribution >= 0.6 is 0 Å². The monoisotopic (exact) mass is 267 g/mol. The molecular weight excluding hydrogens is 243 g/mol. The van der Waals surface area contributed by atoms with Crippen LogP contribution in [0.2, 0.25) is 0 Å². The molecule has 3 atom stereocenters. The Balaban J connectivity index is 2.43. The van der Waals surface area contributed by atoms with Crippen LogP contribution in [0.25, 0.3) is 0 Å². The molecule has 1 rings (SSSR count). The van der Waals surface area contributed by atoms with Crippen LogP contribution in [0.5, 0.6) is 0 Å². The quantitative estimate of drug-likeness (QED) is 0.762. The number of hydrogen-bond donors (Lipinski definition) is 1. The van der Waals surface area contributed by atoms with Gasteiger partial charge in [-0.25, -0.2) is 0 Å². The Morgan fingerprint density at radius 3 is 2.61 bits per heavy atom. The molecule has 1 N–H and O–H groups in total. The zero-order valence-electron chi connectivity index (χ0n) is 11.2. The third-order valence-electron chi connectivity index (χ3n) is 3.62. The van der Waals surface area contributed by atoms with Crippen LogP contribution in [0.15, 0.2) is 0 Å². The molecule has 18 heavy (non-hydrogen) atoms. The zero-order chi connectivity index (χ0) is 13.6. The average molecular weight is 267 g/mol. The number of halogens is 3. The zero-order valence-corrected chi connectivity index (χ0v) is 11.2. The van der Waals surface area contributed by atoms with E-state index in [0.29, 0.717) is 12.3 Å². The van der Waals surface area contributed by atoms with E-state index in [4.69, 9.17) is 4.74 Å². The van der Waals surface area contributed by atoms with Gasteiger partial charge in [-0.3, -0.25) is 0 Å². The molecule has 108 valence electrons. The number of nitrogens with one attached hydrogen (secondary N) is 1. The van der Waals surface area contributed by atoms with Crippen LogP contribution in [0.1, 0.15) is 46.0 Å². The van der Waals surface area contributed by atoms with Crippen molar-refractivity contribution >= 4 is 0 Å². The van der Waals surface area contributed by atoms with Gasteiger partial charge in [0.1, 0.15) is 0 Å². The molecule has 1 fully saturated rings. The van der Waals surface area contributed by atoms with Gasteiger partial charge in [-0.1, -0.05) is 13.8 Å². The Kier molecular flexibility index (Phi) is 6.43. The van der Waals surface area contributed by atoms with Crippen molar-refractivity contribution in [1.29, 1.82) is 0 Å². The van der Waals surface area contributed by atoms with Gasteiger partial charge in [0.05, 0.1) is 6.10 Å². The molecule has 1 saturated heterocycles. The van der Waals surface area contributed by atoms with E-state index in [1.165, 1.54) is 0 Å². The van der Waals surface area contributed by atoms with E-state index in [2.05, 4.69) is 12.2 Å². The second kappa shape index (κ2) is 7.34. The molecule has 0 spiro atoms. The van der Waals surface area contributed by atoms with Crippen molar-refractivity contribution in [3.05, 3.63) is 0 Å². The normalized spacial score (nSPS) is 26.5. The standard InChI is InChI=1S/C13H24F3NO/c1-3-12-10(7-9-18-12)11(17-4-2)6-5-8-13(14,15)16/h10-12,17H,3-9H2,1-2H3. The molecular formula is C13H24F3NO. The fourth-order valence-corrected chi connectivity index (χ4v) is 2.80. The van der Waals surface area contributed by atoms with E-state index < -0.39 is 12.6 Å². The molecule has 0 aromatic heterocycles. The SMILES string of the molecule is CCNC(CCCC(F)(F)F)C1CCOC1CC. The second-order valence-electron chi connectivity index (χ2n) is 4.94. The van der Waals surface area contributed by atoms with Crippen LogP contribution in [0.4, 0.5) is 13.2 Å². The molecule has 0 amide bonds. The highest BCUT2D eigenvalue weighted by atomic mass is 19.4. The first kappa shape index (κ1) is 15.8. The van der Waals surface area contributed by atoms with E-state index in [0.717, 1.165) is 26.0 Å². The lowest BCUT2D eigenvalue weighted by atomic mass is 9.88. The molecule has 0 saturated carbocycles. The third kappa shape index (κ3) is 5.14. The molecule has 1 heterocycles. The Bertz CT molecular complexity index is 233. The minimum absolute atomic E-state index is 0.157. The van der Waals surface area contributed by atoms with E-state index in [1.807, 2.05) is 6.92 Å². The lowest BCUT2D eigenvalue weighted by molar-refractivity contribution is -0.136. The molecule has 3 unspecified atom stereocenters. The summed E-state index contributed by atoms with van der Waals surface area (Å²) in [4.78, 5) is 0. The van der Waals surface area contributed by atoms with Gasteiger partial charge < -0.3 is 10.1 Å². The van der Waals surface area contributed by atoms with E-state index in [-0.39, 0.29) is 18.6 Å². The largest absolute Gasteiger partial charge is 0.389 e. The summed E-state index contributed by atoms with van der Waals surface area (Å²) in [5, 5.41) is 3.33. The molecule has 0 aliphatic carbocycles. The smallest absolute Gasteiger partial charge is 0.378 e. The molecule has 1 aliphatic rings. The van der Waals surface area contributed by atoms with E-state index in [1.54, 1.807) is 0 Å². The van der Waals surface area contributed by atoms with Crippen molar-refractivity contribution in [2.45, 2.75) is 64.3 Å². The fraction of sp³-hybridized carbons (Fsp3) is 1.00. The summed E-state index contributed by atoms with van der Waals surface area (Å²) in [6, 6.07) is 0.157. The number of rotatable bonds is 7. The van der Waals surface area contributed by atoms with Crippen LogP contribution in [-0.2, 0) is 4.74 Å². The summed E-state index contributed by atoms with van der Waals surface area (Å²) >= 11 is 0. The highest BCUT2D eigenvalue weighted by Gasteiger charge is 2.34. The van der Waals surface area contributed by atoms with Crippen LogP contribution < -0.4 is 5.32 Å². The molecule has 0 aromatic carbocycles. The molecule has 2 nitrogen and oxygen atoms in total. The highest BCUT2D eigenvalue weighted by molar-refractivity contribution is 4.85.